The van der Waals surface area contributed by atoms with E-state index in [1.54, 1.807) is 30.5 Å². The summed E-state index contributed by atoms with van der Waals surface area (Å²) in [5, 5.41) is 32.9. The van der Waals surface area contributed by atoms with Gasteiger partial charge in [0.1, 0.15) is 10.6 Å². The monoisotopic (exact) mass is 488 g/mol. The zero-order chi connectivity index (χ0) is 24.9. The van der Waals surface area contributed by atoms with Crippen LogP contribution in [0.15, 0.2) is 62.9 Å². The second-order valence-electron chi connectivity index (χ2n) is 9.33. The van der Waals surface area contributed by atoms with Crippen LogP contribution in [0.2, 0.25) is 0 Å². The van der Waals surface area contributed by atoms with Gasteiger partial charge in [-0.2, -0.15) is 0 Å². The molecule has 1 aliphatic carbocycles. The number of aromatic amines is 1. The van der Waals surface area contributed by atoms with Crippen molar-refractivity contribution in [2.75, 3.05) is 0 Å². The van der Waals surface area contributed by atoms with Crippen LogP contribution < -0.4 is 5.56 Å². The molecule has 2 aromatic heterocycles. The molecule has 0 radical (unpaired) electrons. The van der Waals surface area contributed by atoms with Crippen LogP contribution in [0.3, 0.4) is 0 Å². The average molecular weight is 489 g/mol. The number of hydrogen-bond donors (Lipinski definition) is 3. The molecule has 1 aliphatic rings. The Kier molecular flexibility index (Phi) is 5.44. The highest BCUT2D eigenvalue weighted by Crippen LogP contribution is 2.40. The standard InChI is InChI=1S/C26H24N4O4S/c1-14-22(24(32)30(29-14)17-7-8-19-15(11-17)9-10-26(19,2)3)28-27-20-6-4-5-18(23(20)31)16-12-21(25(33)34)35-13-16/h4-8,11-13,29,31H,9-10H2,1-3H3,(H,33,34). The van der Waals surface area contributed by atoms with Crippen LogP contribution in [-0.4, -0.2) is 26.0 Å². The SMILES string of the molecule is Cc1[nH]n(-c2ccc3c(c2)CCC3(C)C)c(=O)c1N=Nc1cccc(-c2csc(C(=O)O)c2)c1O. The van der Waals surface area contributed by atoms with Crippen molar-refractivity contribution in [1.82, 2.24) is 9.78 Å². The molecule has 8 nitrogen and oxygen atoms in total. The molecule has 0 spiro atoms. The summed E-state index contributed by atoms with van der Waals surface area (Å²) in [7, 11) is 0. The molecule has 9 heteroatoms. The van der Waals surface area contributed by atoms with Crippen LogP contribution in [0.4, 0.5) is 11.4 Å². The van der Waals surface area contributed by atoms with Crippen molar-refractivity contribution < 1.29 is 15.0 Å². The van der Waals surface area contributed by atoms with Crippen molar-refractivity contribution in [3.63, 3.8) is 0 Å². The number of azo groups is 1. The van der Waals surface area contributed by atoms with E-state index in [0.717, 1.165) is 29.9 Å². The predicted molar refractivity (Wildman–Crippen MR) is 135 cm³/mol. The number of aromatic hydroxyl groups is 1. The summed E-state index contributed by atoms with van der Waals surface area (Å²) in [5.41, 5.74) is 5.01. The molecule has 0 unspecified atom stereocenters. The van der Waals surface area contributed by atoms with E-state index >= 15 is 0 Å². The predicted octanol–water partition coefficient (Wildman–Crippen LogP) is 6.25. The molecule has 3 N–H and O–H groups in total. The summed E-state index contributed by atoms with van der Waals surface area (Å²) in [5.74, 6) is -1.16. The van der Waals surface area contributed by atoms with Gasteiger partial charge in [0.15, 0.2) is 11.4 Å². The summed E-state index contributed by atoms with van der Waals surface area (Å²) < 4.78 is 1.46. The van der Waals surface area contributed by atoms with Crippen molar-refractivity contribution in [3.05, 3.63) is 79.9 Å². The highest BCUT2D eigenvalue weighted by Gasteiger charge is 2.30. The molecular weight excluding hydrogens is 464 g/mol. The first kappa shape index (κ1) is 22.8. The van der Waals surface area contributed by atoms with Gasteiger partial charge in [-0.3, -0.25) is 9.89 Å². The Morgan fingerprint density at radius 2 is 1.97 bits per heavy atom. The Morgan fingerprint density at radius 1 is 1.17 bits per heavy atom. The number of nitrogens with zero attached hydrogens (tertiary/aromatic N) is 3. The fourth-order valence-electron chi connectivity index (χ4n) is 4.54. The minimum atomic E-state index is -1.03. The largest absolute Gasteiger partial charge is 0.505 e. The van der Waals surface area contributed by atoms with E-state index in [0.29, 0.717) is 16.8 Å². The van der Waals surface area contributed by atoms with Crippen molar-refractivity contribution in [2.24, 2.45) is 10.2 Å². The highest BCUT2D eigenvalue weighted by atomic mass is 32.1. The molecule has 5 rings (SSSR count). The third-order valence-corrected chi connectivity index (χ3v) is 7.45. The second-order valence-corrected chi connectivity index (χ2v) is 10.2. The van der Waals surface area contributed by atoms with Crippen LogP contribution in [-0.2, 0) is 11.8 Å². The Labute approximate surface area is 205 Å². The maximum Gasteiger partial charge on any atom is 0.345 e. The zero-order valence-electron chi connectivity index (χ0n) is 19.5. The molecule has 0 aliphatic heterocycles. The van der Waals surface area contributed by atoms with Gasteiger partial charge in [-0.05, 0) is 71.5 Å². The van der Waals surface area contributed by atoms with Gasteiger partial charge in [-0.1, -0.05) is 32.0 Å². The van der Waals surface area contributed by atoms with E-state index in [2.05, 4.69) is 35.2 Å². The number of aromatic carboxylic acids is 1. The smallest absolute Gasteiger partial charge is 0.345 e. The van der Waals surface area contributed by atoms with Gasteiger partial charge in [0.2, 0.25) is 0 Å². The number of fused-ring (bicyclic) bond motifs is 1. The first-order valence-corrected chi connectivity index (χ1v) is 12.0. The molecule has 0 bridgehead atoms. The number of hydrogen-bond acceptors (Lipinski definition) is 6. The van der Waals surface area contributed by atoms with Crippen LogP contribution in [0.25, 0.3) is 16.8 Å². The minimum Gasteiger partial charge on any atom is -0.505 e. The molecule has 2 aromatic carbocycles. The quantitative estimate of drug-likeness (QED) is 0.288. The van der Waals surface area contributed by atoms with E-state index in [-0.39, 0.29) is 33.0 Å². The number of phenolic OH excluding ortho intramolecular Hbond substituents is 1. The van der Waals surface area contributed by atoms with E-state index in [1.165, 1.54) is 21.9 Å². The van der Waals surface area contributed by atoms with Crippen LogP contribution in [0.1, 0.15) is 46.8 Å². The Balaban J connectivity index is 1.47. The van der Waals surface area contributed by atoms with Gasteiger partial charge in [-0.25, -0.2) is 9.48 Å². The number of H-pyrrole nitrogens is 1. The highest BCUT2D eigenvalue weighted by molar-refractivity contribution is 7.12. The summed E-state index contributed by atoms with van der Waals surface area (Å²) in [4.78, 5) is 24.5. The van der Waals surface area contributed by atoms with E-state index in [9.17, 15) is 14.7 Å². The third-order valence-electron chi connectivity index (χ3n) is 6.53. The van der Waals surface area contributed by atoms with Gasteiger partial charge in [0, 0.05) is 5.56 Å². The van der Waals surface area contributed by atoms with Gasteiger partial charge in [0.25, 0.3) is 5.56 Å². The van der Waals surface area contributed by atoms with Crippen molar-refractivity contribution in [2.45, 2.75) is 39.0 Å². The molecule has 0 amide bonds. The Morgan fingerprint density at radius 3 is 2.71 bits per heavy atom. The molecule has 4 aromatic rings. The molecule has 0 saturated heterocycles. The lowest BCUT2D eigenvalue weighted by atomic mass is 9.87. The van der Waals surface area contributed by atoms with Crippen molar-refractivity contribution in [1.29, 1.82) is 0 Å². The van der Waals surface area contributed by atoms with Gasteiger partial charge < -0.3 is 10.2 Å². The molecular formula is C26H24N4O4S. The number of thiophene rings is 1. The van der Waals surface area contributed by atoms with Crippen LogP contribution in [0, 0.1) is 6.92 Å². The minimum absolute atomic E-state index is 0.138. The van der Waals surface area contributed by atoms with Gasteiger partial charge in [0.05, 0.1) is 11.4 Å². The summed E-state index contributed by atoms with van der Waals surface area (Å²) in [6.45, 7) is 6.21. The summed E-state index contributed by atoms with van der Waals surface area (Å²) in [6.07, 6.45) is 2.06. The third kappa shape index (κ3) is 3.97. The second kappa shape index (κ2) is 8.35. The van der Waals surface area contributed by atoms with Gasteiger partial charge >= 0.3 is 5.97 Å². The number of phenols is 1. The number of carbonyl (C=O) groups is 1. The number of rotatable bonds is 5. The van der Waals surface area contributed by atoms with Gasteiger partial charge in [-0.15, -0.1) is 21.6 Å². The molecule has 0 saturated carbocycles. The number of benzene rings is 2. The van der Waals surface area contributed by atoms with Crippen LogP contribution in [0.5, 0.6) is 5.75 Å². The Bertz CT molecular complexity index is 1560. The normalized spacial score (nSPS) is 14.5. The van der Waals surface area contributed by atoms with E-state index in [1.807, 2.05) is 12.1 Å². The van der Waals surface area contributed by atoms with Crippen molar-refractivity contribution in [3.8, 4) is 22.6 Å². The number of nitrogens with one attached hydrogen (secondary N) is 1. The van der Waals surface area contributed by atoms with E-state index < -0.39 is 5.97 Å². The van der Waals surface area contributed by atoms with Crippen LogP contribution >= 0.6 is 11.3 Å². The fraction of sp³-hybridized carbons (Fsp3) is 0.231. The summed E-state index contributed by atoms with van der Waals surface area (Å²) in [6, 6.07) is 12.5. The fourth-order valence-corrected chi connectivity index (χ4v) is 5.29. The number of aromatic nitrogens is 2. The topological polar surface area (TPSA) is 120 Å². The number of carboxylic acids is 1. The average Bonchev–Trinajstić information content (AvgIpc) is 3.50. The van der Waals surface area contributed by atoms with Crippen molar-refractivity contribution >= 4 is 28.7 Å². The van der Waals surface area contributed by atoms with E-state index in [4.69, 9.17) is 5.11 Å². The number of aryl methyl sites for hydroxylation is 2. The molecule has 0 atom stereocenters. The zero-order valence-corrected chi connectivity index (χ0v) is 20.3. The number of para-hydroxylation sites is 1. The lowest BCUT2D eigenvalue weighted by Crippen LogP contribution is -2.15. The maximum atomic E-state index is 13.1. The molecule has 0 fully saturated rings. The molecule has 178 valence electrons. The first-order valence-electron chi connectivity index (χ1n) is 11.2. The number of carboxylic acid groups (broad SMARTS) is 1. The summed E-state index contributed by atoms with van der Waals surface area (Å²) >= 11 is 1.08. The lowest BCUT2D eigenvalue weighted by Gasteiger charge is -2.18. The lowest BCUT2D eigenvalue weighted by molar-refractivity contribution is 0.0702. The first-order chi connectivity index (χ1) is 16.7. The Hall–Kier alpha value is -3.98. The molecule has 35 heavy (non-hydrogen) atoms. The molecule has 2 heterocycles. The maximum absolute atomic E-state index is 13.1.